The van der Waals surface area contributed by atoms with Crippen LogP contribution in [0.25, 0.3) is 43.6 Å². The molecule has 34 heavy (non-hydrogen) atoms. The summed E-state index contributed by atoms with van der Waals surface area (Å²) in [7, 11) is 0. The molecular weight excluding hydrogens is 414 g/mol. The highest BCUT2D eigenvalue weighted by Crippen LogP contribution is 2.52. The zero-order valence-corrected chi connectivity index (χ0v) is 19.9. The van der Waals surface area contributed by atoms with Crippen molar-refractivity contribution in [1.82, 2.24) is 4.98 Å². The third-order valence-corrected chi connectivity index (χ3v) is 8.01. The summed E-state index contributed by atoms with van der Waals surface area (Å²) in [6, 6.07) is 22.4. The van der Waals surface area contributed by atoms with Gasteiger partial charge in [0.25, 0.3) is 0 Å². The Balaban J connectivity index is 1.51. The number of aromatic nitrogens is 1. The summed E-state index contributed by atoms with van der Waals surface area (Å²) in [5.41, 5.74) is 4.91. The average Bonchev–Trinajstić information content (AvgIpc) is 2.87. The molecule has 1 fully saturated rings. The summed E-state index contributed by atoms with van der Waals surface area (Å²) in [5, 5.41) is 7.45. The molecule has 0 spiro atoms. The average molecular weight is 444 g/mol. The number of fused-ring (bicyclic) bond motifs is 5. The van der Waals surface area contributed by atoms with E-state index < -0.39 is 0 Å². The minimum atomic E-state index is 0.346. The van der Waals surface area contributed by atoms with E-state index in [9.17, 15) is 0 Å². The minimum absolute atomic E-state index is 0.346. The lowest BCUT2D eigenvalue weighted by atomic mass is 9.83. The molecule has 0 saturated heterocycles. The van der Waals surface area contributed by atoms with Crippen molar-refractivity contribution >= 4 is 32.3 Å². The zero-order valence-electron chi connectivity index (χ0n) is 19.9. The standard InChI is InChI=1S/C32H29NO/c1-19(2)29-25-11-7-6-10-22(25)17-27-31-30-26(14-15-33-31)24-13-12-21(20-8-4-3-5-9-20)16-23(24)18-28(30)34-32(27)29/h6-7,10-20H,3-5,8-9H2,1-2H3. The van der Waals surface area contributed by atoms with E-state index in [1.54, 1.807) is 0 Å². The van der Waals surface area contributed by atoms with Crippen molar-refractivity contribution in [3.63, 3.8) is 0 Å². The van der Waals surface area contributed by atoms with Crippen LogP contribution in [0.15, 0.2) is 66.9 Å². The molecule has 0 radical (unpaired) electrons. The molecule has 5 aromatic rings. The first-order valence-electron chi connectivity index (χ1n) is 12.8. The second-order valence-corrected chi connectivity index (χ2v) is 10.4. The topological polar surface area (TPSA) is 22.1 Å². The summed E-state index contributed by atoms with van der Waals surface area (Å²) >= 11 is 0. The molecule has 0 N–H and O–H groups in total. The van der Waals surface area contributed by atoms with Gasteiger partial charge in [0, 0.05) is 17.3 Å². The molecule has 2 nitrogen and oxygen atoms in total. The van der Waals surface area contributed by atoms with Crippen LogP contribution in [0.4, 0.5) is 0 Å². The van der Waals surface area contributed by atoms with Crippen molar-refractivity contribution in [3.05, 3.63) is 78.0 Å². The van der Waals surface area contributed by atoms with Gasteiger partial charge in [-0.05, 0) is 75.4 Å². The summed E-state index contributed by atoms with van der Waals surface area (Å²) in [6.45, 7) is 4.51. The third kappa shape index (κ3) is 2.91. The largest absolute Gasteiger partial charge is 0.456 e. The van der Waals surface area contributed by atoms with E-state index in [4.69, 9.17) is 9.72 Å². The number of nitrogens with zero attached hydrogens (tertiary/aromatic N) is 1. The zero-order chi connectivity index (χ0) is 22.8. The molecule has 2 heteroatoms. The highest BCUT2D eigenvalue weighted by molar-refractivity contribution is 6.16. The third-order valence-electron chi connectivity index (χ3n) is 8.01. The summed E-state index contributed by atoms with van der Waals surface area (Å²) in [4.78, 5) is 4.90. The summed E-state index contributed by atoms with van der Waals surface area (Å²) in [6.07, 6.45) is 8.69. The van der Waals surface area contributed by atoms with E-state index in [-0.39, 0.29) is 0 Å². The molecular formula is C32H29NO. The maximum absolute atomic E-state index is 6.80. The lowest BCUT2D eigenvalue weighted by Gasteiger charge is -2.26. The van der Waals surface area contributed by atoms with Crippen molar-refractivity contribution in [2.45, 2.75) is 57.8 Å². The number of benzene rings is 4. The Morgan fingerprint density at radius 2 is 1.68 bits per heavy atom. The van der Waals surface area contributed by atoms with E-state index in [0.717, 1.165) is 28.1 Å². The van der Waals surface area contributed by atoms with Crippen LogP contribution in [0.2, 0.25) is 0 Å². The Bertz CT molecular complexity index is 1590. The Hall–Kier alpha value is -3.39. The molecule has 1 aliphatic carbocycles. The number of hydrogen-bond acceptors (Lipinski definition) is 2. The Labute approximate surface area is 200 Å². The lowest BCUT2D eigenvalue weighted by Crippen LogP contribution is -2.05. The van der Waals surface area contributed by atoms with E-state index in [0.29, 0.717) is 11.8 Å². The maximum Gasteiger partial charge on any atom is 0.140 e. The quantitative estimate of drug-likeness (QED) is 0.249. The molecule has 0 atom stereocenters. The minimum Gasteiger partial charge on any atom is -0.456 e. The smallest absolute Gasteiger partial charge is 0.140 e. The lowest BCUT2D eigenvalue weighted by molar-refractivity contribution is 0.444. The molecule has 0 unspecified atom stereocenters. The number of ether oxygens (including phenoxy) is 1. The van der Waals surface area contributed by atoms with E-state index in [1.165, 1.54) is 70.2 Å². The van der Waals surface area contributed by atoms with E-state index >= 15 is 0 Å². The van der Waals surface area contributed by atoms with Crippen LogP contribution in [0, 0.1) is 0 Å². The predicted octanol–water partition coefficient (Wildman–Crippen LogP) is 9.48. The molecule has 4 aromatic carbocycles. The summed E-state index contributed by atoms with van der Waals surface area (Å²) < 4.78 is 6.80. The van der Waals surface area contributed by atoms with Gasteiger partial charge in [-0.1, -0.05) is 75.6 Å². The molecule has 7 rings (SSSR count). The van der Waals surface area contributed by atoms with Gasteiger partial charge in [-0.2, -0.15) is 0 Å². The highest BCUT2D eigenvalue weighted by Gasteiger charge is 2.27. The van der Waals surface area contributed by atoms with Crippen LogP contribution in [-0.4, -0.2) is 4.98 Å². The molecule has 1 saturated carbocycles. The van der Waals surface area contributed by atoms with Crippen molar-refractivity contribution in [2.75, 3.05) is 0 Å². The van der Waals surface area contributed by atoms with Gasteiger partial charge in [-0.3, -0.25) is 4.98 Å². The predicted molar refractivity (Wildman–Crippen MR) is 142 cm³/mol. The highest BCUT2D eigenvalue weighted by atomic mass is 16.5. The summed E-state index contributed by atoms with van der Waals surface area (Å²) in [5.74, 6) is 2.96. The Kier molecular flexibility index (Phi) is 4.45. The monoisotopic (exact) mass is 443 g/mol. The molecule has 1 aliphatic heterocycles. The van der Waals surface area contributed by atoms with E-state index in [1.807, 2.05) is 6.20 Å². The fraction of sp³-hybridized carbons (Fsp3) is 0.281. The van der Waals surface area contributed by atoms with Gasteiger partial charge in [0.1, 0.15) is 11.5 Å². The first kappa shape index (κ1) is 20.0. The maximum atomic E-state index is 6.80. The van der Waals surface area contributed by atoms with Crippen molar-refractivity contribution in [1.29, 1.82) is 0 Å². The molecule has 1 aromatic heterocycles. The fourth-order valence-corrected chi connectivity index (χ4v) is 6.40. The normalized spacial score (nSPS) is 15.7. The Morgan fingerprint density at radius 1 is 0.824 bits per heavy atom. The van der Waals surface area contributed by atoms with Crippen LogP contribution in [0.5, 0.6) is 11.5 Å². The molecule has 2 aliphatic rings. The fourth-order valence-electron chi connectivity index (χ4n) is 6.40. The van der Waals surface area contributed by atoms with Gasteiger partial charge in [0.2, 0.25) is 0 Å². The molecule has 0 bridgehead atoms. The second kappa shape index (κ2) is 7.56. The van der Waals surface area contributed by atoms with Crippen molar-refractivity contribution in [3.8, 4) is 22.8 Å². The molecule has 168 valence electrons. The van der Waals surface area contributed by atoms with Gasteiger partial charge < -0.3 is 4.74 Å². The van der Waals surface area contributed by atoms with E-state index in [2.05, 4.69) is 74.5 Å². The number of hydrogen-bond donors (Lipinski definition) is 0. The van der Waals surface area contributed by atoms with Gasteiger partial charge in [0.15, 0.2) is 0 Å². The first-order valence-corrected chi connectivity index (χ1v) is 12.8. The van der Waals surface area contributed by atoms with Crippen LogP contribution in [-0.2, 0) is 0 Å². The molecule has 0 amide bonds. The van der Waals surface area contributed by atoms with Gasteiger partial charge in [-0.25, -0.2) is 0 Å². The second-order valence-electron chi connectivity index (χ2n) is 10.4. The van der Waals surface area contributed by atoms with Crippen molar-refractivity contribution in [2.24, 2.45) is 0 Å². The van der Waals surface area contributed by atoms with Crippen LogP contribution in [0.3, 0.4) is 0 Å². The van der Waals surface area contributed by atoms with Crippen molar-refractivity contribution < 1.29 is 4.74 Å². The number of rotatable bonds is 2. The van der Waals surface area contributed by atoms with Gasteiger partial charge in [-0.15, -0.1) is 0 Å². The van der Waals surface area contributed by atoms with Crippen LogP contribution in [0.1, 0.15) is 68.9 Å². The van der Waals surface area contributed by atoms with Gasteiger partial charge in [0.05, 0.1) is 11.1 Å². The SMILES string of the molecule is CC(C)c1c2c(cc3ccccc13)-c1nccc3c1c(cc1cc(C4CCCCC4)ccc13)O2. The first-order chi connectivity index (χ1) is 16.7. The molecule has 2 heterocycles. The number of pyridine rings is 1. The van der Waals surface area contributed by atoms with Gasteiger partial charge >= 0.3 is 0 Å². The Morgan fingerprint density at radius 3 is 2.53 bits per heavy atom. The van der Waals surface area contributed by atoms with Crippen LogP contribution < -0.4 is 4.74 Å². The van der Waals surface area contributed by atoms with Crippen LogP contribution >= 0.6 is 0 Å².